The molecule has 0 saturated heterocycles. The predicted molar refractivity (Wildman–Crippen MR) is 115 cm³/mol. The van der Waals surface area contributed by atoms with Gasteiger partial charge in [0.1, 0.15) is 5.75 Å². The number of benzene rings is 1. The van der Waals surface area contributed by atoms with Crippen LogP contribution in [0.1, 0.15) is 52.7 Å². The first-order chi connectivity index (χ1) is 10.5. The Balaban J connectivity index is 0.00000288. The monoisotopic (exact) mass is 460 g/mol. The zero-order valence-electron chi connectivity index (χ0n) is 15.9. The Morgan fingerprint density at radius 3 is 1.79 bits per heavy atom. The number of aromatic nitrogens is 2. The van der Waals surface area contributed by atoms with E-state index < -0.39 is 0 Å². The third kappa shape index (κ3) is 4.10. The van der Waals surface area contributed by atoms with E-state index in [0.717, 1.165) is 27.5 Å². The first-order valence-electron chi connectivity index (χ1n) is 7.91. The quantitative estimate of drug-likeness (QED) is 0.460. The second-order valence-electron chi connectivity index (χ2n) is 8.11. The van der Waals surface area contributed by atoms with Crippen molar-refractivity contribution in [3.63, 3.8) is 0 Å². The van der Waals surface area contributed by atoms with E-state index in [0.29, 0.717) is 5.75 Å². The molecule has 0 fully saturated rings. The summed E-state index contributed by atoms with van der Waals surface area (Å²) in [5.41, 5.74) is 3.89. The van der Waals surface area contributed by atoms with E-state index >= 15 is 0 Å². The third-order valence-corrected chi connectivity index (χ3v) is 4.89. The van der Waals surface area contributed by atoms with Crippen LogP contribution in [-0.4, -0.2) is 20.9 Å². The fourth-order valence-corrected chi connectivity index (χ4v) is 3.31. The van der Waals surface area contributed by atoms with Gasteiger partial charge in [0.25, 0.3) is 0 Å². The zero-order valence-corrected chi connectivity index (χ0v) is 19.0. The van der Waals surface area contributed by atoms with Crippen LogP contribution < -0.4 is 0 Å². The van der Waals surface area contributed by atoms with Crippen LogP contribution in [0.3, 0.4) is 0 Å². The molecule has 0 unspecified atom stereocenters. The number of aromatic hydroxyl groups is 1. The summed E-state index contributed by atoms with van der Waals surface area (Å²) in [7, 11) is 2.04. The fraction of sp³-hybridized carbons (Fsp3) is 0.526. The number of thioether (sulfide) groups is 1. The summed E-state index contributed by atoms with van der Waals surface area (Å²) in [5.74, 6) is 0.418. The van der Waals surface area contributed by atoms with Crippen LogP contribution in [0.2, 0.25) is 0 Å². The van der Waals surface area contributed by atoms with Gasteiger partial charge in [0.05, 0.1) is 11.9 Å². The van der Waals surface area contributed by atoms with Crippen LogP contribution in [0, 0.1) is 0 Å². The summed E-state index contributed by atoms with van der Waals surface area (Å²) in [4.78, 5) is 4.48. The van der Waals surface area contributed by atoms with Crippen molar-refractivity contribution in [2.45, 2.75) is 57.5 Å². The van der Waals surface area contributed by atoms with Crippen molar-refractivity contribution < 1.29 is 5.11 Å². The molecule has 1 aromatic carbocycles. The summed E-state index contributed by atoms with van der Waals surface area (Å²) >= 11 is 1.64. The number of phenolic OH excluding ortho intramolecular Hbond substituents is 1. The van der Waals surface area contributed by atoms with Gasteiger partial charge in [-0.3, -0.25) is 0 Å². The first-order valence-corrected chi connectivity index (χ1v) is 9.13. The van der Waals surface area contributed by atoms with Crippen molar-refractivity contribution in [2.24, 2.45) is 7.05 Å². The number of hydrogen-bond donors (Lipinski definition) is 1. The van der Waals surface area contributed by atoms with Gasteiger partial charge in [-0.1, -0.05) is 53.3 Å². The van der Waals surface area contributed by atoms with E-state index in [-0.39, 0.29) is 34.8 Å². The van der Waals surface area contributed by atoms with Crippen LogP contribution in [0.25, 0.3) is 11.3 Å². The van der Waals surface area contributed by atoms with Gasteiger partial charge in [-0.2, -0.15) is 0 Å². The Hall–Kier alpha value is -0.690. The van der Waals surface area contributed by atoms with Crippen molar-refractivity contribution in [3.8, 4) is 17.0 Å². The van der Waals surface area contributed by atoms with E-state index in [1.165, 1.54) is 0 Å². The number of hydrogen-bond acceptors (Lipinski definition) is 3. The minimum absolute atomic E-state index is 0. The number of halogens is 1. The van der Waals surface area contributed by atoms with E-state index in [1.54, 1.807) is 11.8 Å². The Morgan fingerprint density at radius 1 is 1.00 bits per heavy atom. The Bertz CT molecular complexity index is 689. The molecule has 24 heavy (non-hydrogen) atoms. The van der Waals surface area contributed by atoms with Gasteiger partial charge in [-0.15, -0.1) is 24.0 Å². The SMILES string of the molecule is CSc1ncc(-c2cc(C(C)(C)C)c(O)c(C(C)(C)C)c2)n1C.I. The normalized spacial score (nSPS) is 12.2. The van der Waals surface area contributed by atoms with Crippen molar-refractivity contribution in [2.75, 3.05) is 6.26 Å². The van der Waals surface area contributed by atoms with E-state index in [4.69, 9.17) is 0 Å². The average molecular weight is 460 g/mol. The molecule has 1 N–H and O–H groups in total. The number of imidazole rings is 1. The summed E-state index contributed by atoms with van der Waals surface area (Å²) in [5, 5.41) is 11.8. The van der Waals surface area contributed by atoms with Crippen LogP contribution in [0.4, 0.5) is 0 Å². The highest BCUT2D eigenvalue weighted by Gasteiger charge is 2.27. The molecule has 0 bridgehead atoms. The van der Waals surface area contributed by atoms with Gasteiger partial charge in [-0.05, 0) is 29.2 Å². The lowest BCUT2D eigenvalue weighted by Crippen LogP contribution is -2.17. The molecule has 0 spiro atoms. The largest absolute Gasteiger partial charge is 0.507 e. The molecule has 0 aliphatic heterocycles. The maximum absolute atomic E-state index is 10.8. The van der Waals surface area contributed by atoms with Gasteiger partial charge in [0.15, 0.2) is 5.16 Å². The van der Waals surface area contributed by atoms with E-state index in [1.807, 2.05) is 19.5 Å². The second kappa shape index (κ2) is 7.28. The molecule has 0 atom stereocenters. The van der Waals surface area contributed by atoms with Crippen molar-refractivity contribution >= 4 is 35.7 Å². The highest BCUT2D eigenvalue weighted by atomic mass is 127. The van der Waals surface area contributed by atoms with Crippen molar-refractivity contribution in [1.82, 2.24) is 9.55 Å². The molecule has 0 saturated carbocycles. The lowest BCUT2D eigenvalue weighted by molar-refractivity contribution is 0.423. The van der Waals surface area contributed by atoms with E-state index in [9.17, 15) is 5.11 Å². The van der Waals surface area contributed by atoms with Crippen LogP contribution in [0.15, 0.2) is 23.5 Å². The summed E-state index contributed by atoms with van der Waals surface area (Å²) < 4.78 is 2.11. The van der Waals surface area contributed by atoms with Crippen LogP contribution >= 0.6 is 35.7 Å². The lowest BCUT2D eigenvalue weighted by atomic mass is 9.78. The molecular formula is C19H29IN2OS. The maximum Gasteiger partial charge on any atom is 0.167 e. The van der Waals surface area contributed by atoms with Gasteiger partial charge < -0.3 is 9.67 Å². The molecule has 134 valence electrons. The van der Waals surface area contributed by atoms with Crippen molar-refractivity contribution in [1.29, 1.82) is 0 Å². The molecule has 2 rings (SSSR count). The van der Waals surface area contributed by atoms with E-state index in [2.05, 4.69) is 63.2 Å². The minimum Gasteiger partial charge on any atom is -0.507 e. The molecule has 0 aliphatic carbocycles. The molecule has 1 aromatic heterocycles. The Morgan fingerprint density at radius 2 is 1.46 bits per heavy atom. The first kappa shape index (κ1) is 21.4. The highest BCUT2D eigenvalue weighted by molar-refractivity contribution is 14.0. The maximum atomic E-state index is 10.8. The topological polar surface area (TPSA) is 38.1 Å². The van der Waals surface area contributed by atoms with Gasteiger partial charge in [-0.25, -0.2) is 4.98 Å². The Kier molecular flexibility index (Phi) is 6.48. The molecule has 3 nitrogen and oxygen atoms in total. The summed E-state index contributed by atoms with van der Waals surface area (Å²) in [6.07, 6.45) is 3.95. The van der Waals surface area contributed by atoms with Crippen LogP contribution in [-0.2, 0) is 17.9 Å². The number of phenols is 1. The summed E-state index contributed by atoms with van der Waals surface area (Å²) in [6.45, 7) is 12.8. The number of nitrogens with zero attached hydrogens (tertiary/aromatic N) is 2. The molecule has 0 radical (unpaired) electrons. The van der Waals surface area contributed by atoms with Gasteiger partial charge >= 0.3 is 0 Å². The molecule has 2 aromatic rings. The number of rotatable bonds is 2. The lowest BCUT2D eigenvalue weighted by Gasteiger charge is -2.28. The van der Waals surface area contributed by atoms with Gasteiger partial charge in [0, 0.05) is 23.7 Å². The highest BCUT2D eigenvalue weighted by Crippen LogP contribution is 2.42. The standard InChI is InChI=1S/C19H28N2OS.HI/c1-18(2,3)13-9-12(10-14(16(13)22)19(4,5)6)15-11-20-17(23-8)21(15)7;/h9-11,22H,1-8H3;1H. The third-order valence-electron chi connectivity index (χ3n) is 4.15. The molecule has 5 heteroatoms. The summed E-state index contributed by atoms with van der Waals surface area (Å²) in [6, 6.07) is 4.21. The smallest absolute Gasteiger partial charge is 0.167 e. The molecule has 0 amide bonds. The second-order valence-corrected chi connectivity index (χ2v) is 8.88. The van der Waals surface area contributed by atoms with Crippen LogP contribution in [0.5, 0.6) is 5.75 Å². The predicted octanol–water partition coefficient (Wildman–Crippen LogP) is 5.73. The zero-order chi connectivity index (χ0) is 17.6. The molecule has 1 heterocycles. The Labute approximate surface area is 167 Å². The van der Waals surface area contributed by atoms with Gasteiger partial charge in [0.2, 0.25) is 0 Å². The fourth-order valence-electron chi connectivity index (χ4n) is 2.78. The van der Waals surface area contributed by atoms with Crippen molar-refractivity contribution in [3.05, 3.63) is 29.5 Å². The average Bonchev–Trinajstić information content (AvgIpc) is 2.77. The molecule has 0 aliphatic rings. The minimum atomic E-state index is -0.124. The molecular weight excluding hydrogens is 431 g/mol.